The third-order valence-electron chi connectivity index (χ3n) is 4.64. The van der Waals surface area contributed by atoms with Gasteiger partial charge in [-0.1, -0.05) is 41.4 Å². The van der Waals surface area contributed by atoms with Crippen LogP contribution in [0.15, 0.2) is 42.5 Å². The second kappa shape index (κ2) is 7.47. The number of hydrogen-bond acceptors (Lipinski definition) is 3. The van der Waals surface area contributed by atoms with Crippen molar-refractivity contribution >= 4 is 61.9 Å². The summed E-state index contributed by atoms with van der Waals surface area (Å²) < 4.78 is 1.00. The molecule has 0 aliphatic carbocycles. The van der Waals surface area contributed by atoms with Crippen molar-refractivity contribution in [1.29, 1.82) is 0 Å². The first-order chi connectivity index (χ1) is 12.6. The van der Waals surface area contributed by atoms with Gasteiger partial charge in [0.25, 0.3) is 5.91 Å². The molecule has 0 radical (unpaired) electrons. The van der Waals surface area contributed by atoms with Gasteiger partial charge < -0.3 is 10.2 Å². The fourth-order valence-corrected chi connectivity index (χ4v) is 5.04. The van der Waals surface area contributed by atoms with Gasteiger partial charge in [-0.05, 0) is 43.5 Å². The van der Waals surface area contributed by atoms with Crippen molar-refractivity contribution in [3.05, 3.63) is 57.4 Å². The molecule has 1 saturated heterocycles. The monoisotopic (exact) mass is 404 g/mol. The van der Waals surface area contributed by atoms with E-state index in [1.54, 1.807) is 0 Å². The minimum Gasteiger partial charge on any atom is -0.370 e. The Morgan fingerprint density at radius 3 is 2.54 bits per heavy atom. The normalized spacial score (nSPS) is 14.6. The van der Waals surface area contributed by atoms with Crippen LogP contribution in [0.25, 0.3) is 10.1 Å². The van der Waals surface area contributed by atoms with E-state index in [-0.39, 0.29) is 5.91 Å². The van der Waals surface area contributed by atoms with Crippen molar-refractivity contribution in [3.63, 3.8) is 0 Å². The molecule has 1 fully saturated rings. The van der Waals surface area contributed by atoms with Crippen LogP contribution in [-0.4, -0.2) is 19.0 Å². The van der Waals surface area contributed by atoms with Crippen molar-refractivity contribution in [1.82, 2.24) is 0 Å². The van der Waals surface area contributed by atoms with E-state index in [1.807, 2.05) is 42.5 Å². The summed E-state index contributed by atoms with van der Waals surface area (Å²) in [5, 5.41) is 4.98. The highest BCUT2D eigenvalue weighted by Gasteiger charge is 2.18. The Balaban J connectivity index is 1.55. The Hall–Kier alpha value is -1.75. The van der Waals surface area contributed by atoms with E-state index in [0.717, 1.165) is 28.9 Å². The van der Waals surface area contributed by atoms with E-state index >= 15 is 0 Å². The summed E-state index contributed by atoms with van der Waals surface area (Å²) in [7, 11) is 0. The second-order valence-electron chi connectivity index (χ2n) is 6.41. The van der Waals surface area contributed by atoms with Crippen molar-refractivity contribution in [2.24, 2.45) is 0 Å². The predicted octanol–water partition coefficient (Wildman–Crippen LogP) is 6.45. The molecule has 6 heteroatoms. The van der Waals surface area contributed by atoms with Crippen molar-refractivity contribution < 1.29 is 4.79 Å². The second-order valence-corrected chi connectivity index (χ2v) is 8.25. The maximum Gasteiger partial charge on any atom is 0.267 e. The third-order valence-corrected chi connectivity index (χ3v) is 6.62. The molecule has 1 aliphatic heterocycles. The number of amides is 1. The molecule has 3 nitrogen and oxygen atoms in total. The molecule has 2 aromatic carbocycles. The summed E-state index contributed by atoms with van der Waals surface area (Å²) in [6.45, 7) is 2.06. The lowest BCUT2D eigenvalue weighted by molar-refractivity contribution is 0.103. The average Bonchev–Trinajstić information content (AvgIpc) is 3.00. The number of anilines is 2. The van der Waals surface area contributed by atoms with E-state index in [4.69, 9.17) is 23.2 Å². The van der Waals surface area contributed by atoms with Crippen LogP contribution in [0, 0.1) is 0 Å². The summed E-state index contributed by atoms with van der Waals surface area (Å²) in [6.07, 6.45) is 3.66. The number of thiophene rings is 1. The lowest BCUT2D eigenvalue weighted by Gasteiger charge is -2.29. The number of nitrogens with zero attached hydrogens (tertiary/aromatic N) is 1. The lowest BCUT2D eigenvalue weighted by atomic mass is 10.1. The van der Waals surface area contributed by atoms with Gasteiger partial charge in [0.2, 0.25) is 0 Å². The quantitative estimate of drug-likeness (QED) is 0.543. The number of rotatable bonds is 3. The molecule has 1 aliphatic rings. The fraction of sp³-hybridized carbons (Fsp3) is 0.250. The van der Waals surface area contributed by atoms with Crippen molar-refractivity contribution in [3.8, 4) is 0 Å². The number of carbonyl (C=O) groups is 1. The number of benzene rings is 2. The zero-order valence-electron chi connectivity index (χ0n) is 14.1. The Kier molecular flexibility index (Phi) is 5.07. The minimum atomic E-state index is -0.210. The minimum absolute atomic E-state index is 0.210. The zero-order valence-corrected chi connectivity index (χ0v) is 16.4. The first-order valence-electron chi connectivity index (χ1n) is 8.66. The molecule has 26 heavy (non-hydrogen) atoms. The Morgan fingerprint density at radius 2 is 1.81 bits per heavy atom. The van der Waals surface area contributed by atoms with E-state index in [9.17, 15) is 4.79 Å². The largest absolute Gasteiger partial charge is 0.370 e. The molecular weight excluding hydrogens is 387 g/mol. The van der Waals surface area contributed by atoms with Gasteiger partial charge in [0.15, 0.2) is 0 Å². The van der Waals surface area contributed by atoms with E-state index in [1.165, 1.54) is 30.6 Å². The first kappa shape index (κ1) is 17.7. The van der Waals surface area contributed by atoms with Crippen LogP contribution >= 0.6 is 34.5 Å². The smallest absolute Gasteiger partial charge is 0.267 e. The maximum absolute atomic E-state index is 12.7. The Labute approximate surface area is 166 Å². The van der Waals surface area contributed by atoms with Crippen LogP contribution in [0.4, 0.5) is 11.4 Å². The molecule has 4 rings (SSSR count). The summed E-state index contributed by atoms with van der Waals surface area (Å²) in [6, 6.07) is 13.4. The molecule has 1 aromatic heterocycles. The van der Waals surface area contributed by atoms with Crippen LogP contribution in [0.3, 0.4) is 0 Å². The summed E-state index contributed by atoms with van der Waals surface area (Å²) in [5.74, 6) is -0.210. The van der Waals surface area contributed by atoms with Gasteiger partial charge >= 0.3 is 0 Å². The average molecular weight is 405 g/mol. The van der Waals surface area contributed by atoms with Gasteiger partial charge in [-0.2, -0.15) is 0 Å². The molecule has 0 spiro atoms. The van der Waals surface area contributed by atoms with E-state index < -0.39 is 0 Å². The fourth-order valence-electron chi connectivity index (χ4n) is 3.32. The van der Waals surface area contributed by atoms with Crippen LogP contribution in [0.5, 0.6) is 0 Å². The molecule has 1 N–H and O–H groups in total. The molecule has 3 aromatic rings. The number of piperidine rings is 1. The molecule has 0 unspecified atom stereocenters. The molecule has 1 amide bonds. The molecular formula is C20H18Cl2N2OS. The number of halogens is 2. The standard InChI is InChI=1S/C20H18Cl2N2OS/c21-15-12-13(8-9-16(15)24-10-4-1-5-11-24)23-20(25)19-18(22)14-6-2-3-7-17(14)26-19/h2-3,6-9,12H,1,4-5,10-11H2,(H,23,25). The van der Waals surface area contributed by atoms with Crippen LogP contribution in [0.2, 0.25) is 10.0 Å². The van der Waals surface area contributed by atoms with E-state index in [0.29, 0.717) is 20.6 Å². The highest BCUT2D eigenvalue weighted by atomic mass is 35.5. The highest BCUT2D eigenvalue weighted by molar-refractivity contribution is 7.21. The van der Waals surface area contributed by atoms with Gasteiger partial charge in [0.1, 0.15) is 4.88 Å². The van der Waals surface area contributed by atoms with Crippen LogP contribution in [0.1, 0.15) is 28.9 Å². The zero-order chi connectivity index (χ0) is 18.1. The van der Waals surface area contributed by atoms with Gasteiger partial charge in [0, 0.05) is 28.9 Å². The van der Waals surface area contributed by atoms with Crippen molar-refractivity contribution in [2.45, 2.75) is 19.3 Å². The van der Waals surface area contributed by atoms with Crippen LogP contribution < -0.4 is 10.2 Å². The molecule has 0 bridgehead atoms. The highest BCUT2D eigenvalue weighted by Crippen LogP contribution is 2.36. The van der Waals surface area contributed by atoms with Gasteiger partial charge in [-0.25, -0.2) is 0 Å². The summed E-state index contributed by atoms with van der Waals surface area (Å²) in [4.78, 5) is 15.5. The van der Waals surface area contributed by atoms with Gasteiger partial charge in [-0.3, -0.25) is 4.79 Å². The molecule has 134 valence electrons. The predicted molar refractivity (Wildman–Crippen MR) is 112 cm³/mol. The van der Waals surface area contributed by atoms with E-state index in [2.05, 4.69) is 10.2 Å². The third kappa shape index (κ3) is 3.41. The summed E-state index contributed by atoms with van der Waals surface area (Å²) >= 11 is 14.3. The Bertz CT molecular complexity index is 964. The van der Waals surface area contributed by atoms with Crippen LogP contribution in [-0.2, 0) is 0 Å². The van der Waals surface area contributed by atoms with Gasteiger partial charge in [0.05, 0.1) is 15.7 Å². The number of nitrogens with one attached hydrogen (secondary N) is 1. The van der Waals surface area contributed by atoms with Crippen molar-refractivity contribution in [2.75, 3.05) is 23.3 Å². The SMILES string of the molecule is O=C(Nc1ccc(N2CCCCC2)c(Cl)c1)c1sc2ccccc2c1Cl. The Morgan fingerprint density at radius 1 is 1.04 bits per heavy atom. The number of fused-ring (bicyclic) bond motifs is 1. The van der Waals surface area contributed by atoms with Gasteiger partial charge in [-0.15, -0.1) is 11.3 Å². The maximum atomic E-state index is 12.7. The molecule has 2 heterocycles. The number of hydrogen-bond donors (Lipinski definition) is 1. The first-order valence-corrected chi connectivity index (χ1v) is 10.2. The summed E-state index contributed by atoms with van der Waals surface area (Å²) in [5.41, 5.74) is 1.71. The molecule has 0 atom stereocenters. The lowest BCUT2D eigenvalue weighted by Crippen LogP contribution is -2.29. The molecule has 0 saturated carbocycles. The topological polar surface area (TPSA) is 32.3 Å². The number of carbonyl (C=O) groups excluding carboxylic acids is 1.